The molecule has 4 nitrogen and oxygen atoms in total. The van der Waals surface area contributed by atoms with E-state index in [4.69, 9.17) is 10.4 Å². The fraction of sp³-hybridized carbons (Fsp3) is 0.615. The Morgan fingerprint density at radius 2 is 2.29 bits per heavy atom. The van der Waals surface area contributed by atoms with Crippen LogP contribution in [0.3, 0.4) is 0 Å². The highest BCUT2D eigenvalue weighted by Crippen LogP contribution is 2.13. The van der Waals surface area contributed by atoms with E-state index in [0.717, 1.165) is 30.6 Å². The zero-order valence-corrected chi connectivity index (χ0v) is 10.8. The summed E-state index contributed by atoms with van der Waals surface area (Å²) in [6, 6.07) is 4.44. The highest BCUT2D eigenvalue weighted by Gasteiger charge is 2.10. The number of hydrogen-bond acceptors (Lipinski definition) is 3. The summed E-state index contributed by atoms with van der Waals surface area (Å²) in [6.07, 6.45) is 1.77. The summed E-state index contributed by atoms with van der Waals surface area (Å²) in [7, 11) is 1.91. The molecule has 0 aliphatic rings. The predicted molar refractivity (Wildman–Crippen MR) is 67.5 cm³/mol. The van der Waals surface area contributed by atoms with E-state index in [1.165, 1.54) is 0 Å². The predicted octanol–water partition coefficient (Wildman–Crippen LogP) is 1.46. The molecule has 1 unspecified atom stereocenters. The summed E-state index contributed by atoms with van der Waals surface area (Å²) in [5.41, 5.74) is 2.96. The minimum atomic E-state index is 0.211. The van der Waals surface area contributed by atoms with Crippen molar-refractivity contribution < 1.29 is 5.11 Å². The lowest BCUT2D eigenvalue weighted by Gasteiger charge is -2.15. The van der Waals surface area contributed by atoms with Crippen molar-refractivity contribution in [2.24, 2.45) is 7.05 Å². The van der Waals surface area contributed by atoms with Crippen molar-refractivity contribution in [2.45, 2.75) is 39.3 Å². The zero-order valence-electron chi connectivity index (χ0n) is 10.8. The number of nitrogens with one attached hydrogen (secondary N) is 1. The Kier molecular flexibility index (Phi) is 5.20. The van der Waals surface area contributed by atoms with Crippen LogP contribution in [0.5, 0.6) is 0 Å². The normalized spacial score (nSPS) is 12.4. The van der Waals surface area contributed by atoms with Crippen LogP contribution in [-0.4, -0.2) is 22.3 Å². The highest BCUT2D eigenvalue weighted by molar-refractivity contribution is 5.34. The first-order chi connectivity index (χ1) is 8.13. The minimum absolute atomic E-state index is 0.211. The summed E-state index contributed by atoms with van der Waals surface area (Å²) < 4.78 is 1.91. The Hall–Kier alpha value is -1.31. The molecular weight excluding hydrogens is 214 g/mol. The van der Waals surface area contributed by atoms with Crippen LogP contribution in [-0.2, 0) is 13.6 Å². The van der Waals surface area contributed by atoms with Gasteiger partial charge in [0.1, 0.15) is 11.8 Å². The fourth-order valence-corrected chi connectivity index (χ4v) is 1.91. The number of nitrogens with zero attached hydrogens (tertiary/aromatic N) is 2. The second kappa shape index (κ2) is 6.43. The van der Waals surface area contributed by atoms with E-state index >= 15 is 0 Å². The molecule has 0 fully saturated rings. The van der Waals surface area contributed by atoms with Crippen molar-refractivity contribution in [1.82, 2.24) is 9.88 Å². The molecule has 0 radical (unpaired) electrons. The third-order valence-electron chi connectivity index (χ3n) is 3.31. The molecule has 1 rings (SSSR count). The third-order valence-corrected chi connectivity index (χ3v) is 3.31. The van der Waals surface area contributed by atoms with Crippen LogP contribution in [0.1, 0.15) is 36.7 Å². The molecule has 94 valence electrons. The lowest BCUT2D eigenvalue weighted by Crippen LogP contribution is -2.29. The molecule has 1 aromatic rings. The molecule has 17 heavy (non-hydrogen) atoms. The van der Waals surface area contributed by atoms with E-state index in [1.807, 2.05) is 24.6 Å². The molecule has 0 saturated carbocycles. The van der Waals surface area contributed by atoms with Crippen LogP contribution in [0.4, 0.5) is 0 Å². The summed E-state index contributed by atoms with van der Waals surface area (Å²) in [6.45, 7) is 5.08. The number of rotatable bonds is 6. The quantitative estimate of drug-likeness (QED) is 0.784. The molecule has 2 N–H and O–H groups in total. The van der Waals surface area contributed by atoms with E-state index in [-0.39, 0.29) is 6.61 Å². The van der Waals surface area contributed by atoms with Crippen LogP contribution in [0.2, 0.25) is 0 Å². The van der Waals surface area contributed by atoms with Crippen molar-refractivity contribution in [3.05, 3.63) is 23.0 Å². The van der Waals surface area contributed by atoms with Gasteiger partial charge in [0.25, 0.3) is 0 Å². The summed E-state index contributed by atoms with van der Waals surface area (Å²) in [5.74, 6) is 0. The van der Waals surface area contributed by atoms with Crippen LogP contribution < -0.4 is 5.32 Å². The number of hydrogen-bond donors (Lipinski definition) is 2. The van der Waals surface area contributed by atoms with Crippen molar-refractivity contribution in [3.63, 3.8) is 0 Å². The average molecular weight is 235 g/mol. The Bertz CT molecular complexity index is 404. The number of aromatic nitrogens is 1. The molecule has 1 atom stereocenters. The first kappa shape index (κ1) is 13.8. The van der Waals surface area contributed by atoms with Gasteiger partial charge >= 0.3 is 0 Å². The maximum absolute atomic E-state index is 8.94. The Labute approximate surface area is 103 Å². The standard InChI is InChI=1S/C13H21N3O/c1-4-12(5-6-17)15-9-11-7-13(8-14)16(3)10(11)2/h7,12,15,17H,4-6,9H2,1-3H3. The van der Waals surface area contributed by atoms with Gasteiger partial charge in [0.15, 0.2) is 0 Å². The first-order valence-corrected chi connectivity index (χ1v) is 6.03. The molecule has 0 aliphatic carbocycles. The Morgan fingerprint density at radius 3 is 2.76 bits per heavy atom. The molecule has 0 amide bonds. The molecule has 0 saturated heterocycles. The van der Waals surface area contributed by atoms with Gasteiger partial charge in [0.05, 0.1) is 0 Å². The SMILES string of the molecule is CCC(CCO)NCc1cc(C#N)n(C)c1C. The Balaban J connectivity index is 2.66. The molecular formula is C13H21N3O. The molecule has 4 heteroatoms. The highest BCUT2D eigenvalue weighted by atomic mass is 16.3. The van der Waals surface area contributed by atoms with Gasteiger partial charge in [-0.3, -0.25) is 0 Å². The molecule has 0 spiro atoms. The van der Waals surface area contributed by atoms with Gasteiger partial charge in [-0.25, -0.2) is 0 Å². The fourth-order valence-electron chi connectivity index (χ4n) is 1.91. The van der Waals surface area contributed by atoms with E-state index in [1.54, 1.807) is 0 Å². The van der Waals surface area contributed by atoms with E-state index in [0.29, 0.717) is 11.7 Å². The van der Waals surface area contributed by atoms with E-state index < -0.39 is 0 Å². The number of nitriles is 1. The van der Waals surface area contributed by atoms with Gasteiger partial charge in [0, 0.05) is 31.9 Å². The lowest BCUT2D eigenvalue weighted by atomic mass is 10.1. The maximum atomic E-state index is 8.94. The van der Waals surface area contributed by atoms with Crippen LogP contribution in [0, 0.1) is 18.3 Å². The van der Waals surface area contributed by atoms with Crippen molar-refractivity contribution >= 4 is 0 Å². The van der Waals surface area contributed by atoms with Gasteiger partial charge in [-0.15, -0.1) is 0 Å². The molecule has 1 aromatic heterocycles. The largest absolute Gasteiger partial charge is 0.396 e. The maximum Gasteiger partial charge on any atom is 0.120 e. The summed E-state index contributed by atoms with van der Waals surface area (Å²) >= 11 is 0. The van der Waals surface area contributed by atoms with Crippen molar-refractivity contribution in [2.75, 3.05) is 6.61 Å². The Morgan fingerprint density at radius 1 is 1.59 bits per heavy atom. The molecule has 0 bridgehead atoms. The van der Waals surface area contributed by atoms with E-state index in [2.05, 4.69) is 18.3 Å². The van der Waals surface area contributed by atoms with Gasteiger partial charge in [0.2, 0.25) is 0 Å². The third kappa shape index (κ3) is 3.32. The van der Waals surface area contributed by atoms with E-state index in [9.17, 15) is 0 Å². The summed E-state index contributed by atoms with van der Waals surface area (Å²) in [5, 5.41) is 21.3. The second-order valence-electron chi connectivity index (χ2n) is 4.31. The van der Waals surface area contributed by atoms with Crippen LogP contribution >= 0.6 is 0 Å². The zero-order chi connectivity index (χ0) is 12.8. The second-order valence-corrected chi connectivity index (χ2v) is 4.31. The van der Waals surface area contributed by atoms with Gasteiger partial charge in [-0.2, -0.15) is 5.26 Å². The molecule has 1 heterocycles. The topological polar surface area (TPSA) is 61.0 Å². The van der Waals surface area contributed by atoms with Gasteiger partial charge < -0.3 is 15.0 Å². The van der Waals surface area contributed by atoms with Crippen LogP contribution in [0.15, 0.2) is 6.07 Å². The summed E-state index contributed by atoms with van der Waals surface area (Å²) in [4.78, 5) is 0. The smallest absolute Gasteiger partial charge is 0.120 e. The van der Waals surface area contributed by atoms with Gasteiger partial charge in [-0.05, 0) is 31.4 Å². The molecule has 0 aliphatic heterocycles. The average Bonchev–Trinajstić information content (AvgIpc) is 2.61. The lowest BCUT2D eigenvalue weighted by molar-refractivity contribution is 0.262. The van der Waals surface area contributed by atoms with Crippen LogP contribution in [0.25, 0.3) is 0 Å². The molecule has 0 aromatic carbocycles. The monoisotopic (exact) mass is 235 g/mol. The minimum Gasteiger partial charge on any atom is -0.396 e. The first-order valence-electron chi connectivity index (χ1n) is 6.03. The van der Waals surface area contributed by atoms with Gasteiger partial charge in [-0.1, -0.05) is 6.92 Å². The van der Waals surface area contributed by atoms with Crippen molar-refractivity contribution in [1.29, 1.82) is 5.26 Å². The number of aliphatic hydroxyl groups is 1. The van der Waals surface area contributed by atoms with Crippen molar-refractivity contribution in [3.8, 4) is 6.07 Å². The number of aliphatic hydroxyl groups excluding tert-OH is 1.